The van der Waals surface area contributed by atoms with Crippen LogP contribution in [0.4, 0.5) is 0 Å². The average molecular weight is 307 g/mol. The van der Waals surface area contributed by atoms with E-state index in [4.69, 9.17) is 18.0 Å². The maximum absolute atomic E-state index is 12.4. The van der Waals surface area contributed by atoms with E-state index in [2.05, 4.69) is 10.3 Å². The van der Waals surface area contributed by atoms with E-state index in [-0.39, 0.29) is 11.0 Å². The molecule has 1 saturated carbocycles. The minimum atomic E-state index is -0.672. The zero-order chi connectivity index (χ0) is 15.3. The fraction of sp³-hybridized carbons (Fsp3) is 0.533. The van der Waals surface area contributed by atoms with Gasteiger partial charge in [-0.25, -0.2) is 0 Å². The summed E-state index contributed by atoms with van der Waals surface area (Å²) < 4.78 is 0. The lowest BCUT2D eigenvalue weighted by atomic mass is 9.83. The van der Waals surface area contributed by atoms with Gasteiger partial charge in [0.25, 0.3) is 5.91 Å². The second-order valence-electron chi connectivity index (χ2n) is 5.59. The van der Waals surface area contributed by atoms with Gasteiger partial charge in [0.2, 0.25) is 0 Å². The molecule has 0 saturated heterocycles. The molecule has 0 unspecified atom stereocenters. The fourth-order valence-electron chi connectivity index (χ4n) is 2.82. The number of pyridine rings is 1. The van der Waals surface area contributed by atoms with Crippen molar-refractivity contribution in [3.63, 3.8) is 0 Å². The second kappa shape index (κ2) is 6.85. The Kier molecular flexibility index (Phi) is 5.12. The molecule has 0 atom stereocenters. The first kappa shape index (κ1) is 15.7. The molecular formula is C15H21N3O2S. The second-order valence-corrected chi connectivity index (χ2v) is 6.03. The van der Waals surface area contributed by atoms with Crippen LogP contribution in [0.5, 0.6) is 0 Å². The van der Waals surface area contributed by atoms with Crippen LogP contribution in [0.3, 0.4) is 0 Å². The summed E-state index contributed by atoms with van der Waals surface area (Å²) in [6.45, 7) is 0. The third-order valence-corrected chi connectivity index (χ3v) is 4.49. The van der Waals surface area contributed by atoms with Gasteiger partial charge in [-0.2, -0.15) is 0 Å². The number of thiocarbonyl (C=S) groups is 1. The molecule has 114 valence electrons. The lowest BCUT2D eigenvalue weighted by Crippen LogP contribution is -2.57. The highest BCUT2D eigenvalue weighted by Crippen LogP contribution is 2.27. The average Bonchev–Trinajstić information content (AvgIpc) is 2.42. The van der Waals surface area contributed by atoms with Gasteiger partial charge < -0.3 is 16.0 Å². The zero-order valence-electron chi connectivity index (χ0n) is 12.0. The van der Waals surface area contributed by atoms with Crippen LogP contribution in [0.25, 0.3) is 0 Å². The van der Waals surface area contributed by atoms with Gasteiger partial charge in [-0.3, -0.25) is 9.59 Å². The van der Waals surface area contributed by atoms with Crippen LogP contribution in [0.1, 0.15) is 55.3 Å². The van der Waals surface area contributed by atoms with Gasteiger partial charge in [0.05, 0.1) is 10.5 Å². The summed E-state index contributed by atoms with van der Waals surface area (Å²) >= 11 is 5.21. The highest BCUT2D eigenvalue weighted by atomic mass is 32.1. The number of hydrogen-bond acceptors (Lipinski definition) is 3. The van der Waals surface area contributed by atoms with Crippen LogP contribution < -0.4 is 16.5 Å². The number of nitrogens with one attached hydrogen (secondary N) is 2. The lowest BCUT2D eigenvalue weighted by Gasteiger charge is -2.35. The monoisotopic (exact) mass is 307 g/mol. The Morgan fingerprint density at radius 3 is 2.43 bits per heavy atom. The third-order valence-electron chi connectivity index (χ3n) is 4.10. The number of rotatable bonds is 3. The predicted octanol–water partition coefficient (Wildman–Crippen LogP) is 1.87. The van der Waals surface area contributed by atoms with Crippen LogP contribution in [-0.2, 0) is 0 Å². The summed E-state index contributed by atoms with van der Waals surface area (Å²) in [5, 5.41) is 2.93. The van der Waals surface area contributed by atoms with Crippen LogP contribution >= 0.6 is 12.2 Å². The molecule has 1 fully saturated rings. The van der Waals surface area contributed by atoms with Crippen molar-refractivity contribution >= 4 is 23.1 Å². The quantitative estimate of drug-likeness (QED) is 0.744. The molecule has 5 nitrogen and oxygen atoms in total. The number of aromatic nitrogens is 1. The molecule has 21 heavy (non-hydrogen) atoms. The molecular weight excluding hydrogens is 286 g/mol. The molecule has 6 heteroatoms. The van der Waals surface area contributed by atoms with Crippen molar-refractivity contribution in [1.82, 2.24) is 10.3 Å². The van der Waals surface area contributed by atoms with Crippen molar-refractivity contribution in [2.45, 2.75) is 50.5 Å². The Morgan fingerprint density at radius 2 is 1.86 bits per heavy atom. The van der Waals surface area contributed by atoms with Crippen LogP contribution in [0.15, 0.2) is 23.3 Å². The minimum absolute atomic E-state index is 0.0928. The number of aromatic amines is 1. The van der Waals surface area contributed by atoms with Gasteiger partial charge in [0.1, 0.15) is 5.56 Å². The summed E-state index contributed by atoms with van der Waals surface area (Å²) in [5.74, 6) is -0.412. The lowest BCUT2D eigenvalue weighted by molar-refractivity contribution is 0.0911. The van der Waals surface area contributed by atoms with Gasteiger partial charge in [-0.15, -0.1) is 0 Å². The normalized spacial score (nSPS) is 18.3. The molecule has 0 aromatic carbocycles. The van der Waals surface area contributed by atoms with E-state index >= 15 is 0 Å². The maximum atomic E-state index is 12.4. The predicted molar refractivity (Wildman–Crippen MR) is 86.4 cm³/mol. The van der Waals surface area contributed by atoms with E-state index in [1.54, 1.807) is 0 Å². The number of carbonyl (C=O) groups is 1. The molecule has 1 aliphatic carbocycles. The van der Waals surface area contributed by atoms with Gasteiger partial charge in [-0.1, -0.05) is 44.3 Å². The van der Waals surface area contributed by atoms with Gasteiger partial charge in [0, 0.05) is 18.5 Å². The van der Waals surface area contributed by atoms with Crippen molar-refractivity contribution in [2.75, 3.05) is 0 Å². The molecule has 0 aliphatic heterocycles. The Bertz CT molecular complexity index is 574. The van der Waals surface area contributed by atoms with Gasteiger partial charge in [0.15, 0.2) is 5.43 Å². The largest absolute Gasteiger partial charge is 0.391 e. The number of amides is 1. The number of hydrogen-bond donors (Lipinski definition) is 3. The first-order valence-corrected chi connectivity index (χ1v) is 7.75. The minimum Gasteiger partial charge on any atom is -0.391 e. The maximum Gasteiger partial charge on any atom is 0.257 e. The molecule has 0 radical (unpaired) electrons. The Hall–Kier alpha value is -1.69. The Morgan fingerprint density at radius 1 is 1.24 bits per heavy atom. The molecule has 2 rings (SSSR count). The van der Waals surface area contributed by atoms with Crippen LogP contribution in [-0.4, -0.2) is 21.4 Å². The molecule has 1 aromatic heterocycles. The summed E-state index contributed by atoms with van der Waals surface area (Å²) in [7, 11) is 0. The fourth-order valence-corrected chi connectivity index (χ4v) is 3.08. The van der Waals surface area contributed by atoms with E-state index in [0.717, 1.165) is 38.5 Å². The van der Waals surface area contributed by atoms with Crippen LogP contribution in [0, 0.1) is 0 Å². The van der Waals surface area contributed by atoms with E-state index < -0.39 is 11.4 Å². The molecule has 0 bridgehead atoms. The van der Waals surface area contributed by atoms with E-state index in [1.165, 1.54) is 24.9 Å². The summed E-state index contributed by atoms with van der Waals surface area (Å²) in [6.07, 6.45) is 9.77. The van der Waals surface area contributed by atoms with Crippen molar-refractivity contribution in [2.24, 2.45) is 5.73 Å². The number of carbonyl (C=O) groups excluding carboxylic acids is 1. The highest BCUT2D eigenvalue weighted by molar-refractivity contribution is 7.80. The summed E-state index contributed by atoms with van der Waals surface area (Å²) in [6, 6.07) is 1.33. The van der Waals surface area contributed by atoms with Crippen molar-refractivity contribution in [3.8, 4) is 0 Å². The van der Waals surface area contributed by atoms with Crippen molar-refractivity contribution in [3.05, 3.63) is 34.2 Å². The van der Waals surface area contributed by atoms with E-state index in [9.17, 15) is 9.59 Å². The standard InChI is InChI=1S/C15H21N3O2S/c16-14(21)15(7-4-2-1-3-5-8-15)18-13(20)11-10-17-9-6-12(11)19/h6,9-10H,1-5,7-8H2,(H2,16,21)(H,17,19)(H,18,20). The molecule has 0 spiro atoms. The smallest absolute Gasteiger partial charge is 0.257 e. The first-order chi connectivity index (χ1) is 10.1. The topological polar surface area (TPSA) is 88.0 Å². The molecule has 1 aliphatic rings. The highest BCUT2D eigenvalue weighted by Gasteiger charge is 2.35. The number of H-pyrrole nitrogens is 1. The van der Waals surface area contributed by atoms with Gasteiger partial charge >= 0.3 is 0 Å². The van der Waals surface area contributed by atoms with E-state index in [0.29, 0.717) is 4.99 Å². The van der Waals surface area contributed by atoms with Crippen molar-refractivity contribution in [1.29, 1.82) is 0 Å². The molecule has 1 heterocycles. The SMILES string of the molecule is NC(=S)C1(NC(=O)c2c[nH]ccc2=O)CCCCCCC1. The molecule has 1 amide bonds. The van der Waals surface area contributed by atoms with E-state index in [1.807, 2.05) is 0 Å². The first-order valence-electron chi connectivity index (χ1n) is 7.35. The Labute approximate surface area is 129 Å². The third kappa shape index (κ3) is 3.69. The molecule has 4 N–H and O–H groups in total. The van der Waals surface area contributed by atoms with Crippen LogP contribution in [0.2, 0.25) is 0 Å². The van der Waals surface area contributed by atoms with Gasteiger partial charge in [-0.05, 0) is 12.8 Å². The molecule has 1 aromatic rings. The Balaban J connectivity index is 2.23. The zero-order valence-corrected chi connectivity index (χ0v) is 12.8. The summed E-state index contributed by atoms with van der Waals surface area (Å²) in [4.78, 5) is 27.2. The summed E-state index contributed by atoms with van der Waals surface area (Å²) in [5.41, 5.74) is 5.03. The van der Waals surface area contributed by atoms with Crippen molar-refractivity contribution < 1.29 is 4.79 Å². The number of nitrogens with two attached hydrogens (primary N) is 1.